The highest BCUT2D eigenvalue weighted by Crippen LogP contribution is 2.61. The molecular formula is C20H16N2O4. The van der Waals surface area contributed by atoms with Crippen LogP contribution in [0.25, 0.3) is 10.8 Å². The minimum Gasteiger partial charge on any atom is -0.274 e. The van der Waals surface area contributed by atoms with E-state index >= 15 is 0 Å². The SMILES string of the molecule is C[C@@]12C(=O)N(c3ccc([N+](=O)[O-])c4ccccc34)C(=O)[C@@H]1C1C=CC2C1. The van der Waals surface area contributed by atoms with Gasteiger partial charge in [0.2, 0.25) is 11.8 Å². The van der Waals surface area contributed by atoms with E-state index in [-0.39, 0.29) is 35.3 Å². The third kappa shape index (κ3) is 1.62. The number of carbonyl (C=O) groups is 2. The van der Waals surface area contributed by atoms with Gasteiger partial charge in [-0.1, -0.05) is 30.4 Å². The summed E-state index contributed by atoms with van der Waals surface area (Å²) in [5.74, 6) is -0.519. The summed E-state index contributed by atoms with van der Waals surface area (Å²) in [5.41, 5.74) is -0.299. The van der Waals surface area contributed by atoms with Gasteiger partial charge in [-0.15, -0.1) is 0 Å². The average molecular weight is 348 g/mol. The molecule has 1 aliphatic heterocycles. The lowest BCUT2D eigenvalue weighted by atomic mass is 9.71. The molecule has 2 fully saturated rings. The predicted octanol–water partition coefficient (Wildman–Crippen LogP) is 3.45. The Balaban J connectivity index is 1.71. The zero-order valence-electron chi connectivity index (χ0n) is 14.1. The van der Waals surface area contributed by atoms with Gasteiger partial charge in [0.25, 0.3) is 5.69 Å². The number of amides is 2. The molecule has 2 amide bonds. The Kier molecular flexibility index (Phi) is 2.81. The zero-order valence-corrected chi connectivity index (χ0v) is 14.1. The van der Waals surface area contributed by atoms with Crippen molar-refractivity contribution in [1.82, 2.24) is 0 Å². The van der Waals surface area contributed by atoms with E-state index in [0.717, 1.165) is 6.42 Å². The summed E-state index contributed by atoms with van der Waals surface area (Å²) in [5, 5.41) is 12.3. The molecule has 0 spiro atoms. The number of nitro groups is 1. The van der Waals surface area contributed by atoms with Crippen molar-refractivity contribution in [3.05, 3.63) is 58.7 Å². The molecule has 2 aliphatic carbocycles. The van der Waals surface area contributed by atoms with E-state index in [0.29, 0.717) is 16.5 Å². The van der Waals surface area contributed by atoms with Crippen molar-refractivity contribution in [2.24, 2.45) is 23.2 Å². The molecule has 2 unspecified atom stereocenters. The average Bonchev–Trinajstić information content (AvgIpc) is 3.26. The van der Waals surface area contributed by atoms with Crippen LogP contribution in [0, 0.1) is 33.3 Å². The standard InChI is InChI=1S/C20H16N2O4/c1-20-12-7-6-11(10-12)17(20)18(23)21(19(20)24)15-8-9-16(22(25)26)14-5-3-2-4-13(14)15/h2-9,11-12,17H,10H2,1H3/t11?,12?,17-,20-/m0/s1. The number of anilines is 1. The number of allylic oxidation sites excluding steroid dienone is 2. The van der Waals surface area contributed by atoms with Gasteiger partial charge in [0.1, 0.15) is 0 Å². The third-order valence-electron chi connectivity index (χ3n) is 6.43. The minimum atomic E-state index is -0.709. The second-order valence-corrected chi connectivity index (χ2v) is 7.54. The number of nitrogens with zero attached hydrogens (tertiary/aromatic N) is 2. The smallest absolute Gasteiger partial charge is 0.274 e. The summed E-state index contributed by atoms with van der Waals surface area (Å²) in [6.07, 6.45) is 4.97. The van der Waals surface area contributed by atoms with E-state index in [4.69, 9.17) is 0 Å². The number of fused-ring (bicyclic) bond motifs is 6. The second kappa shape index (κ2) is 4.78. The summed E-state index contributed by atoms with van der Waals surface area (Å²) < 4.78 is 0. The molecule has 2 aromatic carbocycles. The molecule has 5 rings (SSSR count). The number of imide groups is 1. The summed E-state index contributed by atoms with van der Waals surface area (Å²) >= 11 is 0. The maximum Gasteiger partial charge on any atom is 0.277 e. The summed E-state index contributed by atoms with van der Waals surface area (Å²) in [4.78, 5) is 38.7. The van der Waals surface area contributed by atoms with E-state index < -0.39 is 10.3 Å². The monoisotopic (exact) mass is 348 g/mol. The van der Waals surface area contributed by atoms with Crippen LogP contribution in [0.2, 0.25) is 0 Å². The number of rotatable bonds is 2. The van der Waals surface area contributed by atoms with Crippen molar-refractivity contribution < 1.29 is 14.5 Å². The van der Waals surface area contributed by atoms with Crippen LogP contribution in [-0.4, -0.2) is 16.7 Å². The maximum absolute atomic E-state index is 13.3. The lowest BCUT2D eigenvalue weighted by Crippen LogP contribution is -2.37. The van der Waals surface area contributed by atoms with Gasteiger partial charge >= 0.3 is 0 Å². The zero-order chi connectivity index (χ0) is 18.2. The Morgan fingerprint density at radius 1 is 1.12 bits per heavy atom. The van der Waals surface area contributed by atoms with E-state index in [1.807, 2.05) is 6.92 Å². The fraction of sp³-hybridized carbons (Fsp3) is 0.300. The van der Waals surface area contributed by atoms with E-state index in [1.165, 1.54) is 17.0 Å². The van der Waals surface area contributed by atoms with Gasteiger partial charge in [-0.3, -0.25) is 19.7 Å². The highest BCUT2D eigenvalue weighted by atomic mass is 16.6. The normalized spacial score (nSPS) is 31.9. The van der Waals surface area contributed by atoms with Gasteiger partial charge in [-0.25, -0.2) is 4.90 Å². The van der Waals surface area contributed by atoms with Gasteiger partial charge in [0, 0.05) is 11.5 Å². The van der Waals surface area contributed by atoms with Crippen molar-refractivity contribution in [2.45, 2.75) is 13.3 Å². The highest BCUT2D eigenvalue weighted by molar-refractivity contribution is 6.27. The van der Waals surface area contributed by atoms with Gasteiger partial charge in [0.05, 0.1) is 27.3 Å². The molecule has 0 N–H and O–H groups in total. The van der Waals surface area contributed by atoms with E-state index in [9.17, 15) is 19.7 Å². The van der Waals surface area contributed by atoms with Crippen LogP contribution < -0.4 is 4.90 Å². The first kappa shape index (κ1) is 15.3. The first-order chi connectivity index (χ1) is 12.4. The quantitative estimate of drug-likeness (QED) is 0.360. The second-order valence-electron chi connectivity index (χ2n) is 7.54. The van der Waals surface area contributed by atoms with Gasteiger partial charge in [-0.2, -0.15) is 0 Å². The lowest BCUT2D eigenvalue weighted by Gasteiger charge is -2.28. The molecule has 26 heavy (non-hydrogen) atoms. The minimum absolute atomic E-state index is 0.0309. The topological polar surface area (TPSA) is 80.5 Å². The molecule has 2 bridgehead atoms. The van der Waals surface area contributed by atoms with Crippen molar-refractivity contribution in [3.63, 3.8) is 0 Å². The fourth-order valence-electron chi connectivity index (χ4n) is 5.16. The Hall–Kier alpha value is -3.02. The molecule has 130 valence electrons. The van der Waals surface area contributed by atoms with Crippen molar-refractivity contribution in [3.8, 4) is 0 Å². The summed E-state index contributed by atoms with van der Waals surface area (Å²) in [6, 6.07) is 9.75. The number of hydrogen-bond acceptors (Lipinski definition) is 4. The van der Waals surface area contributed by atoms with Crippen LogP contribution in [0.5, 0.6) is 0 Å². The van der Waals surface area contributed by atoms with Crippen molar-refractivity contribution in [1.29, 1.82) is 0 Å². The van der Waals surface area contributed by atoms with E-state index in [2.05, 4.69) is 12.2 Å². The molecule has 1 saturated heterocycles. The lowest BCUT2D eigenvalue weighted by molar-refractivity contribution is -0.383. The van der Waals surface area contributed by atoms with Crippen LogP contribution in [0.1, 0.15) is 13.3 Å². The predicted molar refractivity (Wildman–Crippen MR) is 95.4 cm³/mol. The highest BCUT2D eigenvalue weighted by Gasteiger charge is 2.67. The Morgan fingerprint density at radius 3 is 2.54 bits per heavy atom. The fourth-order valence-corrected chi connectivity index (χ4v) is 5.16. The molecule has 1 saturated carbocycles. The van der Waals surface area contributed by atoms with Gasteiger partial charge in [-0.05, 0) is 37.3 Å². The number of benzene rings is 2. The molecule has 6 nitrogen and oxygen atoms in total. The number of nitro benzene ring substituents is 1. The molecular weight excluding hydrogens is 332 g/mol. The van der Waals surface area contributed by atoms with Crippen LogP contribution in [0.4, 0.5) is 11.4 Å². The van der Waals surface area contributed by atoms with Crippen LogP contribution >= 0.6 is 0 Å². The van der Waals surface area contributed by atoms with Crippen LogP contribution in [0.15, 0.2) is 48.6 Å². The number of hydrogen-bond donors (Lipinski definition) is 0. The Morgan fingerprint density at radius 2 is 1.85 bits per heavy atom. The van der Waals surface area contributed by atoms with Crippen molar-refractivity contribution in [2.75, 3.05) is 4.90 Å². The maximum atomic E-state index is 13.3. The molecule has 0 aromatic heterocycles. The first-order valence-electron chi connectivity index (χ1n) is 8.67. The number of carbonyl (C=O) groups excluding carboxylic acids is 2. The van der Waals surface area contributed by atoms with Gasteiger partial charge in [0.15, 0.2) is 0 Å². The van der Waals surface area contributed by atoms with Crippen LogP contribution in [-0.2, 0) is 9.59 Å². The molecule has 3 aliphatic rings. The Bertz CT molecular complexity index is 1040. The molecule has 6 heteroatoms. The largest absolute Gasteiger partial charge is 0.277 e. The summed E-state index contributed by atoms with van der Waals surface area (Å²) in [7, 11) is 0. The van der Waals surface area contributed by atoms with Gasteiger partial charge < -0.3 is 0 Å². The number of non-ortho nitro benzene ring substituents is 1. The molecule has 4 atom stereocenters. The molecule has 2 aromatic rings. The van der Waals surface area contributed by atoms with E-state index in [1.54, 1.807) is 24.3 Å². The van der Waals surface area contributed by atoms with Crippen LogP contribution in [0.3, 0.4) is 0 Å². The van der Waals surface area contributed by atoms with Crippen molar-refractivity contribution >= 4 is 34.0 Å². The molecule has 1 heterocycles. The summed E-state index contributed by atoms with van der Waals surface area (Å²) in [6.45, 7) is 1.89. The first-order valence-corrected chi connectivity index (χ1v) is 8.67. The molecule has 0 radical (unpaired) electrons. The third-order valence-corrected chi connectivity index (χ3v) is 6.43. The Labute approximate surface area is 149 Å².